The molecule has 2 aliphatic rings. The van der Waals surface area contributed by atoms with Crippen LogP contribution in [-0.4, -0.2) is 61.5 Å². The number of nitrogens with zero attached hydrogens (tertiary/aromatic N) is 6. The second-order valence-electron chi connectivity index (χ2n) is 8.58. The van der Waals surface area contributed by atoms with Gasteiger partial charge in [0.1, 0.15) is 17.7 Å². The Kier molecular flexibility index (Phi) is 5.59. The molecular weight excluding hydrogens is 420 g/mol. The van der Waals surface area contributed by atoms with Gasteiger partial charge in [-0.05, 0) is 42.2 Å². The Balaban J connectivity index is 0.00000228. The molecule has 6 rings (SSSR count). The summed E-state index contributed by atoms with van der Waals surface area (Å²) in [7, 11) is 1.63. The van der Waals surface area contributed by atoms with Gasteiger partial charge in [0.2, 0.25) is 0 Å². The first kappa shape index (κ1) is 21.5. The van der Waals surface area contributed by atoms with Crippen molar-refractivity contribution >= 4 is 16.7 Å². The lowest BCUT2D eigenvalue weighted by Crippen LogP contribution is -2.42. The lowest BCUT2D eigenvalue weighted by Gasteiger charge is -2.32. The van der Waals surface area contributed by atoms with Gasteiger partial charge in [-0.2, -0.15) is 9.61 Å². The largest absolute Gasteiger partial charge is 0.497 e. The fraction of sp³-hybridized carbons (Fsp3) is 0.417. The molecule has 33 heavy (non-hydrogen) atoms. The molecule has 172 valence electrons. The second kappa shape index (κ2) is 8.57. The number of pyridine rings is 1. The minimum absolute atomic E-state index is 0. The molecule has 0 spiro atoms. The molecule has 2 aliphatic heterocycles. The normalized spacial score (nSPS) is 20.3. The predicted molar refractivity (Wildman–Crippen MR) is 125 cm³/mol. The van der Waals surface area contributed by atoms with Gasteiger partial charge in [-0.3, -0.25) is 9.47 Å². The fourth-order valence-corrected chi connectivity index (χ4v) is 4.88. The molecule has 2 saturated heterocycles. The summed E-state index contributed by atoms with van der Waals surface area (Å²) in [5, 5.41) is 4.99. The van der Waals surface area contributed by atoms with E-state index in [2.05, 4.69) is 21.0 Å². The standard InChI is InChI=1S/C23H24N6O3.CH4/c1-31-17-4-2-15(3-5-17)11-28-21-20(22-25-14-26-29(22)23(28)30)8-16(9-24-21)10-27-12-18-6-7-19(13-27)32-18;/h2-5,8-9,14,18-19H,6-7,10-13H2,1H3;1H4. The van der Waals surface area contributed by atoms with Gasteiger partial charge in [0.15, 0.2) is 5.65 Å². The zero-order valence-corrected chi connectivity index (χ0v) is 17.8. The molecule has 9 nitrogen and oxygen atoms in total. The quantitative estimate of drug-likeness (QED) is 0.464. The lowest BCUT2D eigenvalue weighted by atomic mass is 10.2. The van der Waals surface area contributed by atoms with Crippen molar-refractivity contribution in [1.29, 1.82) is 0 Å². The number of fused-ring (bicyclic) bond motifs is 5. The van der Waals surface area contributed by atoms with E-state index in [-0.39, 0.29) is 13.1 Å². The summed E-state index contributed by atoms with van der Waals surface area (Å²) in [5.41, 5.74) is 2.96. The molecule has 1 aromatic carbocycles. The van der Waals surface area contributed by atoms with Gasteiger partial charge in [-0.1, -0.05) is 19.6 Å². The zero-order valence-electron chi connectivity index (χ0n) is 17.8. The third-order valence-corrected chi connectivity index (χ3v) is 6.40. The zero-order chi connectivity index (χ0) is 21.7. The molecule has 2 unspecified atom stereocenters. The molecule has 0 N–H and O–H groups in total. The highest BCUT2D eigenvalue weighted by atomic mass is 16.5. The Hall–Kier alpha value is -3.30. The van der Waals surface area contributed by atoms with E-state index in [1.165, 1.54) is 10.8 Å². The van der Waals surface area contributed by atoms with Gasteiger partial charge in [-0.15, -0.1) is 0 Å². The van der Waals surface area contributed by atoms with E-state index >= 15 is 0 Å². The van der Waals surface area contributed by atoms with Gasteiger partial charge < -0.3 is 9.47 Å². The first-order valence-corrected chi connectivity index (χ1v) is 10.9. The van der Waals surface area contributed by atoms with E-state index in [0.29, 0.717) is 30.0 Å². The van der Waals surface area contributed by atoms with Crippen molar-refractivity contribution in [3.05, 3.63) is 64.5 Å². The van der Waals surface area contributed by atoms with E-state index < -0.39 is 0 Å². The monoisotopic (exact) mass is 448 g/mol. The van der Waals surface area contributed by atoms with Crippen LogP contribution in [-0.2, 0) is 17.8 Å². The lowest BCUT2D eigenvalue weighted by molar-refractivity contribution is -0.0410. The highest BCUT2D eigenvalue weighted by Gasteiger charge is 2.33. The number of rotatable bonds is 5. The van der Waals surface area contributed by atoms with Crippen molar-refractivity contribution in [3.8, 4) is 5.75 Å². The first-order valence-electron chi connectivity index (χ1n) is 10.9. The van der Waals surface area contributed by atoms with Crippen molar-refractivity contribution < 1.29 is 9.47 Å². The minimum atomic E-state index is -0.258. The van der Waals surface area contributed by atoms with Crippen LogP contribution in [0.2, 0.25) is 0 Å². The summed E-state index contributed by atoms with van der Waals surface area (Å²) >= 11 is 0. The number of hydrogen-bond donors (Lipinski definition) is 0. The molecule has 0 amide bonds. The van der Waals surface area contributed by atoms with Crippen molar-refractivity contribution in [3.63, 3.8) is 0 Å². The van der Waals surface area contributed by atoms with E-state index in [1.807, 2.05) is 30.5 Å². The van der Waals surface area contributed by atoms with Crippen LogP contribution >= 0.6 is 0 Å². The molecule has 9 heteroatoms. The van der Waals surface area contributed by atoms with Gasteiger partial charge in [0.25, 0.3) is 0 Å². The molecule has 4 aromatic rings. The summed E-state index contributed by atoms with van der Waals surface area (Å²) < 4.78 is 14.2. The molecule has 2 atom stereocenters. The molecule has 0 radical (unpaired) electrons. The molecule has 2 bridgehead atoms. The average Bonchev–Trinajstić information content (AvgIpc) is 3.44. The number of ether oxygens (including phenoxy) is 2. The Morgan fingerprint density at radius 3 is 2.52 bits per heavy atom. The van der Waals surface area contributed by atoms with Gasteiger partial charge in [-0.25, -0.2) is 14.8 Å². The van der Waals surface area contributed by atoms with Crippen LogP contribution < -0.4 is 10.4 Å². The van der Waals surface area contributed by atoms with Crippen LogP contribution in [0.1, 0.15) is 31.4 Å². The fourth-order valence-electron chi connectivity index (χ4n) is 4.88. The summed E-state index contributed by atoms with van der Waals surface area (Å²) in [6.45, 7) is 3.09. The number of aromatic nitrogens is 5. The van der Waals surface area contributed by atoms with Crippen LogP contribution in [0.25, 0.3) is 16.7 Å². The maximum absolute atomic E-state index is 13.1. The van der Waals surface area contributed by atoms with Gasteiger partial charge >= 0.3 is 5.69 Å². The van der Waals surface area contributed by atoms with Crippen LogP contribution in [0.15, 0.2) is 47.7 Å². The molecule has 0 aliphatic carbocycles. The Morgan fingerprint density at radius 1 is 1.03 bits per heavy atom. The SMILES string of the molecule is C.COc1ccc(Cn2c(=O)n3ncnc3c3cc(CN4CC5CCC(C4)O5)cnc32)cc1. The predicted octanol–water partition coefficient (Wildman–Crippen LogP) is 2.50. The number of likely N-dealkylation sites (tertiary alicyclic amines) is 1. The van der Waals surface area contributed by atoms with E-state index in [4.69, 9.17) is 14.5 Å². The van der Waals surface area contributed by atoms with Gasteiger partial charge in [0, 0.05) is 25.8 Å². The Bertz CT molecular complexity index is 1330. The number of morpholine rings is 1. The van der Waals surface area contributed by atoms with Crippen molar-refractivity contribution in [1.82, 2.24) is 29.0 Å². The molecule has 2 fully saturated rings. The summed E-state index contributed by atoms with van der Waals surface area (Å²) in [4.78, 5) is 24.7. The number of hydrogen-bond acceptors (Lipinski definition) is 7. The maximum atomic E-state index is 13.1. The van der Waals surface area contributed by atoms with Gasteiger partial charge in [0.05, 0.1) is 31.2 Å². The Labute approximate surface area is 191 Å². The van der Waals surface area contributed by atoms with E-state index in [9.17, 15) is 4.79 Å². The van der Waals surface area contributed by atoms with Crippen LogP contribution in [0, 0.1) is 0 Å². The molecule has 0 saturated carbocycles. The van der Waals surface area contributed by atoms with Crippen LogP contribution in [0.3, 0.4) is 0 Å². The van der Waals surface area contributed by atoms with Crippen molar-refractivity contribution in [2.24, 2.45) is 0 Å². The molecule has 3 aromatic heterocycles. The maximum Gasteiger partial charge on any atom is 0.352 e. The van der Waals surface area contributed by atoms with E-state index in [0.717, 1.165) is 54.7 Å². The molecule has 5 heterocycles. The number of benzene rings is 1. The smallest absolute Gasteiger partial charge is 0.352 e. The minimum Gasteiger partial charge on any atom is -0.497 e. The van der Waals surface area contributed by atoms with Crippen molar-refractivity contribution in [2.75, 3.05) is 20.2 Å². The number of methoxy groups -OCH3 is 1. The summed E-state index contributed by atoms with van der Waals surface area (Å²) in [6.07, 6.45) is 6.28. The van der Waals surface area contributed by atoms with Crippen molar-refractivity contribution in [2.45, 2.75) is 45.6 Å². The third-order valence-electron chi connectivity index (χ3n) is 6.40. The summed E-state index contributed by atoms with van der Waals surface area (Å²) in [6, 6.07) is 9.76. The summed E-state index contributed by atoms with van der Waals surface area (Å²) in [5.74, 6) is 0.775. The van der Waals surface area contributed by atoms with Crippen LogP contribution in [0.5, 0.6) is 5.75 Å². The third kappa shape index (κ3) is 3.87. The van der Waals surface area contributed by atoms with Crippen LogP contribution in [0.4, 0.5) is 0 Å². The van der Waals surface area contributed by atoms with E-state index in [1.54, 1.807) is 11.7 Å². The topological polar surface area (TPSA) is 86.8 Å². The highest BCUT2D eigenvalue weighted by Crippen LogP contribution is 2.27. The second-order valence-corrected chi connectivity index (χ2v) is 8.58. The highest BCUT2D eigenvalue weighted by molar-refractivity contribution is 5.89. The average molecular weight is 449 g/mol. The Morgan fingerprint density at radius 2 is 1.79 bits per heavy atom. The first-order chi connectivity index (χ1) is 15.7. The molecular formula is C24H28N6O3.